The van der Waals surface area contributed by atoms with E-state index in [-0.39, 0.29) is 144 Å². The summed E-state index contributed by atoms with van der Waals surface area (Å²) >= 11 is 3.58. The molecule has 662 valence electrons. The Morgan fingerprint density at radius 2 is 0.735 bits per heavy atom. The van der Waals surface area contributed by atoms with Crippen LogP contribution in [-0.4, -0.2) is 190 Å². The number of nitrogens with one attached hydrogen (secondary N) is 7. The maximum atomic E-state index is 12.3. The van der Waals surface area contributed by atoms with Crippen LogP contribution in [-0.2, 0) is 95.5 Å². The average molecular weight is 1720 g/mol. The van der Waals surface area contributed by atoms with Gasteiger partial charge in [0.15, 0.2) is 0 Å². The molecule has 0 unspecified atom stereocenters. The SMILES string of the molecule is CCC1=CC=C[C@@H](NC(=O)OC(C)(C)C)C1.CCC1=C[C@@H](OC(CC)CC)[C@H](NC(C)=O)[C@@H](C)C1.CCC1=C[C@@H](OC(CC)CC)[C@H](NC(C)=O)[C@@H](NC(=O)OC(C)(C)C)C1.CCC1=C[C@H](NC(C)=O)[C@@H](Br)[C@@H](NC(=O)OC(C)(C)C)C1.CCC1=C[C@H]2[C@@H]([C@@H](NC(=O)OC(C)(C)C)C1)N2C(C)=O.O=C=O.O=C=O.O=C=O.O=C=O.O=C=O. The van der Waals surface area contributed by atoms with Crippen LogP contribution >= 0.6 is 15.9 Å². The topological polar surface area (TPSA) is 450 Å². The number of hydrogen-bond acceptors (Lipinski definition) is 24. The number of allylic oxidation sites excluding steroid dienone is 3. The summed E-state index contributed by atoms with van der Waals surface area (Å²) < 4.78 is 33.7. The molecule has 6 aliphatic rings. The molecule has 0 radical (unpaired) electrons. The van der Waals surface area contributed by atoms with Crippen molar-refractivity contribution in [3.05, 3.63) is 70.4 Å². The highest BCUT2D eigenvalue weighted by Crippen LogP contribution is 2.40. The van der Waals surface area contributed by atoms with Crippen molar-refractivity contribution in [2.75, 3.05) is 0 Å². The van der Waals surface area contributed by atoms with Gasteiger partial charge in [-0.1, -0.05) is 156 Å². The minimum atomic E-state index is -0.572. The molecule has 32 nitrogen and oxygen atoms in total. The number of carbonyl (C=O) groups excluding carboxylic acids is 18. The summed E-state index contributed by atoms with van der Waals surface area (Å²) in [5.41, 5.74) is 4.47. The van der Waals surface area contributed by atoms with Gasteiger partial charge in [-0.3, -0.25) is 19.2 Å². The largest absolute Gasteiger partial charge is 0.444 e. The van der Waals surface area contributed by atoms with Crippen molar-refractivity contribution in [3.8, 4) is 0 Å². The second-order valence-electron chi connectivity index (χ2n) is 31.8. The van der Waals surface area contributed by atoms with Crippen LogP contribution in [0.15, 0.2) is 70.4 Å². The molecule has 1 fully saturated rings. The lowest BCUT2D eigenvalue weighted by Gasteiger charge is -2.39. The minimum absolute atomic E-state index is 0.0208. The zero-order valence-electron chi connectivity index (χ0n) is 73.7. The number of hydrogen-bond donors (Lipinski definition) is 7. The highest BCUT2D eigenvalue weighted by Gasteiger charge is 2.55. The molecule has 0 aromatic heterocycles. The van der Waals surface area contributed by atoms with Gasteiger partial charge in [-0.2, -0.15) is 47.9 Å². The van der Waals surface area contributed by atoms with Gasteiger partial charge in [0.2, 0.25) is 23.6 Å². The second kappa shape index (κ2) is 60.2. The second-order valence-corrected chi connectivity index (χ2v) is 32.9. The smallest absolute Gasteiger partial charge is 0.408 e. The number of alkyl carbamates (subject to hydrolysis) is 4. The van der Waals surface area contributed by atoms with Gasteiger partial charge in [0.25, 0.3) is 0 Å². The first-order chi connectivity index (χ1) is 54.4. The lowest BCUT2D eigenvalue weighted by Crippen LogP contribution is -2.59. The number of fused-ring (bicyclic) bond motifs is 1. The molecule has 1 heterocycles. The first-order valence-corrected chi connectivity index (χ1v) is 40.5. The normalized spacial score (nSPS) is 22.2. The van der Waals surface area contributed by atoms with E-state index in [1.54, 1.807) is 13.8 Å². The number of alkyl halides is 1. The summed E-state index contributed by atoms with van der Waals surface area (Å²) in [6, 6.07) is -0.472. The third-order valence-corrected chi connectivity index (χ3v) is 18.9. The van der Waals surface area contributed by atoms with Crippen molar-refractivity contribution in [3.63, 3.8) is 0 Å². The van der Waals surface area contributed by atoms with Crippen LogP contribution in [0.4, 0.5) is 19.2 Å². The van der Waals surface area contributed by atoms with E-state index in [4.69, 9.17) is 76.4 Å². The Balaban J connectivity index is -0.000000656. The standard InChI is InChI=1S/C20H36N2O4.C16H29NO2.C15H25BrN2O3.C15H24N2O3.C13H21NO2.5CO2/c1-8-14-11-16(22-19(24)26-20(5,6)7)18(21-13(4)23)17(12-14)25-15(9-2)10-3;1-6-13-9-11(4)16(17-12(5)18)15(10-13)19-14(7-2)8-3;1-6-10-7-11(17-9(2)19)13(16)12(8-10)18-14(20)21-15(3,4)5;1-6-10-7-11(16-14(19)20-15(3,4)5)13-12(8-10)17(13)9(2)18;1-5-10-7-6-8-11(9-10)14-12(15)16-13(2,3)4;5*2-1-3/h12,15-18H,8-11H2,1-7H3,(H,21,23)(H,22,24);10-11,14-16H,6-9H2,1-5H3,(H,17,18);7,11-13H,6,8H2,1-5H3,(H,17,19)(H,18,20);8,11-13H,6-7H2,1-5H3,(H,16,19);6-8,11H,5,9H2,1-4H3,(H,14,15);;;;;/t16-,17+,18+;11-,15+,16+;11-,12-,13+;11-,12-,13+,17?;11-;;;;;/m00001...../s1. The first-order valence-electron chi connectivity index (χ1n) is 39.6. The third-order valence-electron chi connectivity index (χ3n) is 17.7. The van der Waals surface area contributed by atoms with Gasteiger partial charge in [0.05, 0.1) is 83.6 Å². The number of ether oxygens (including phenoxy) is 6. The maximum absolute atomic E-state index is 12.3. The van der Waals surface area contributed by atoms with Crippen LogP contribution < -0.4 is 37.2 Å². The molecule has 8 amide bonds. The molecule has 0 saturated carbocycles. The Morgan fingerprint density at radius 1 is 0.419 bits per heavy atom. The molecule has 1 saturated heterocycles. The third kappa shape index (κ3) is 52.9. The van der Waals surface area contributed by atoms with Gasteiger partial charge < -0.3 is 70.5 Å². The molecule has 13 atom stereocenters. The van der Waals surface area contributed by atoms with E-state index >= 15 is 0 Å². The molecule has 0 spiro atoms. The predicted octanol–water partition coefficient (Wildman–Crippen LogP) is 12.5. The summed E-state index contributed by atoms with van der Waals surface area (Å²) in [7, 11) is 0. The zero-order chi connectivity index (χ0) is 91.3. The lowest BCUT2D eigenvalue weighted by molar-refractivity contribution is -0.193. The number of halogens is 1. The van der Waals surface area contributed by atoms with Crippen LogP contribution in [0.25, 0.3) is 0 Å². The van der Waals surface area contributed by atoms with Crippen molar-refractivity contribution < 1.29 is 115 Å². The Kier molecular flexibility index (Phi) is 58.7. The lowest BCUT2D eigenvalue weighted by atomic mass is 9.83. The van der Waals surface area contributed by atoms with E-state index in [2.05, 4.69) is 153 Å². The van der Waals surface area contributed by atoms with E-state index in [1.807, 2.05) is 100 Å². The summed E-state index contributed by atoms with van der Waals surface area (Å²) in [5.74, 6) is 0.294. The molecule has 117 heavy (non-hydrogen) atoms. The van der Waals surface area contributed by atoms with Gasteiger partial charge in [-0.15, -0.1) is 0 Å². The number of amides is 8. The molecule has 5 aliphatic carbocycles. The summed E-state index contributed by atoms with van der Waals surface area (Å²) in [5, 5.41) is 20.5. The van der Waals surface area contributed by atoms with Crippen LogP contribution in [0.5, 0.6) is 0 Å². The van der Waals surface area contributed by atoms with E-state index in [0.29, 0.717) is 12.3 Å². The molecule has 0 bridgehead atoms. The molecule has 0 aromatic carbocycles. The van der Waals surface area contributed by atoms with Crippen molar-refractivity contribution in [2.45, 2.75) is 376 Å². The number of carbonyl (C=O) groups is 8. The minimum Gasteiger partial charge on any atom is -0.444 e. The van der Waals surface area contributed by atoms with E-state index in [1.165, 1.54) is 41.7 Å². The van der Waals surface area contributed by atoms with Crippen molar-refractivity contribution in [2.24, 2.45) is 5.92 Å². The first kappa shape index (κ1) is 114. The van der Waals surface area contributed by atoms with Crippen molar-refractivity contribution >= 4 is 94.7 Å². The Labute approximate surface area is 700 Å². The molecule has 6 rings (SSSR count). The summed E-state index contributed by atoms with van der Waals surface area (Å²) in [6.07, 6.45) is 27.2. The monoisotopic (exact) mass is 1720 g/mol. The molecule has 1 aliphatic heterocycles. The summed E-state index contributed by atoms with van der Waals surface area (Å²) in [4.78, 5) is 177. The van der Waals surface area contributed by atoms with E-state index in [0.717, 1.165) is 83.5 Å². The van der Waals surface area contributed by atoms with Gasteiger partial charge in [-0.05, 0) is 179 Å². The maximum Gasteiger partial charge on any atom is 0.408 e. The molecular weight excluding hydrogens is 1580 g/mol. The Hall–Kier alpha value is -9.30. The summed E-state index contributed by atoms with van der Waals surface area (Å²) in [6.45, 7) is 49.4. The highest BCUT2D eigenvalue weighted by atomic mass is 79.9. The van der Waals surface area contributed by atoms with Crippen molar-refractivity contribution in [1.29, 1.82) is 0 Å². The van der Waals surface area contributed by atoms with Gasteiger partial charge in [0, 0.05) is 27.7 Å². The van der Waals surface area contributed by atoms with E-state index in [9.17, 15) is 38.4 Å². The van der Waals surface area contributed by atoms with Crippen LogP contribution in [0.2, 0.25) is 0 Å². The van der Waals surface area contributed by atoms with Gasteiger partial charge in [0.1, 0.15) is 22.4 Å². The van der Waals surface area contributed by atoms with Gasteiger partial charge in [-0.25, -0.2) is 19.2 Å². The van der Waals surface area contributed by atoms with E-state index < -0.39 is 40.7 Å². The highest BCUT2D eigenvalue weighted by molar-refractivity contribution is 9.09. The average Bonchev–Trinajstić information content (AvgIpc) is 1.58. The fourth-order valence-corrected chi connectivity index (χ4v) is 13.3. The van der Waals surface area contributed by atoms with Crippen molar-refractivity contribution in [1.82, 2.24) is 42.1 Å². The van der Waals surface area contributed by atoms with Gasteiger partial charge >= 0.3 is 55.1 Å². The Morgan fingerprint density at radius 3 is 1.09 bits per heavy atom. The predicted molar refractivity (Wildman–Crippen MR) is 435 cm³/mol. The molecule has 33 heteroatoms. The van der Waals surface area contributed by atoms with Crippen LogP contribution in [0.1, 0.15) is 270 Å². The fourth-order valence-electron chi connectivity index (χ4n) is 12.7. The fraction of sp³-hybridized carbons (Fsp3) is 0.702. The quantitative estimate of drug-likeness (QED) is 0.0258. The Bertz CT molecular complexity index is 3360. The molecular formula is C84H135BrN8O24. The van der Waals surface area contributed by atoms with Crippen LogP contribution in [0.3, 0.4) is 0 Å². The number of rotatable bonds is 20. The molecule has 7 N–H and O–H groups in total. The van der Waals surface area contributed by atoms with Crippen LogP contribution in [0, 0.1) is 5.92 Å². The number of nitrogens with zero attached hydrogens (tertiary/aromatic N) is 1. The molecule has 0 aromatic rings. The zero-order valence-corrected chi connectivity index (χ0v) is 75.3.